The number of aromatic amines is 1. The number of aromatic nitrogens is 1. The molecular formula is C22H28N2O8S. The van der Waals surface area contributed by atoms with Gasteiger partial charge in [-0.15, -0.1) is 0 Å². The number of hydrogen-bond donors (Lipinski definition) is 1. The topological polar surface area (TPSA) is 132 Å². The first-order chi connectivity index (χ1) is 15.5. The third-order valence-corrected chi connectivity index (χ3v) is 6.56. The molecule has 0 atom stereocenters. The zero-order valence-electron chi connectivity index (χ0n) is 19.3. The van der Waals surface area contributed by atoms with Crippen LogP contribution in [-0.2, 0) is 35.6 Å². The largest absolute Gasteiger partial charge is 0.462 e. The summed E-state index contributed by atoms with van der Waals surface area (Å²) in [6, 6.07) is 6.22. The van der Waals surface area contributed by atoms with E-state index in [4.69, 9.17) is 14.2 Å². The number of esters is 3. The van der Waals surface area contributed by atoms with Crippen LogP contribution in [0, 0.1) is 13.8 Å². The van der Waals surface area contributed by atoms with Gasteiger partial charge in [-0.05, 0) is 45.4 Å². The monoisotopic (exact) mass is 480 g/mol. The van der Waals surface area contributed by atoms with Crippen molar-refractivity contribution in [2.45, 2.75) is 39.2 Å². The van der Waals surface area contributed by atoms with Crippen LogP contribution in [0.3, 0.4) is 0 Å². The minimum atomic E-state index is -3.89. The lowest BCUT2D eigenvalue weighted by atomic mass is 10.1. The summed E-state index contributed by atoms with van der Waals surface area (Å²) in [7, 11) is -2.63. The van der Waals surface area contributed by atoms with Crippen molar-refractivity contribution in [3.8, 4) is 0 Å². The van der Waals surface area contributed by atoms with Gasteiger partial charge in [0.05, 0.1) is 29.4 Å². The first-order valence-electron chi connectivity index (χ1n) is 10.3. The van der Waals surface area contributed by atoms with Gasteiger partial charge in [0.1, 0.15) is 18.8 Å². The fourth-order valence-corrected chi connectivity index (χ4v) is 4.12. The number of carbonyl (C=O) groups excluding carboxylic acids is 3. The number of ether oxygens (including phenoxy) is 3. The molecule has 0 saturated heterocycles. The van der Waals surface area contributed by atoms with Crippen LogP contribution in [0.1, 0.15) is 51.5 Å². The van der Waals surface area contributed by atoms with Crippen molar-refractivity contribution in [2.24, 2.45) is 0 Å². The summed E-state index contributed by atoms with van der Waals surface area (Å²) < 4.78 is 41.4. The lowest BCUT2D eigenvalue weighted by Crippen LogP contribution is -2.33. The van der Waals surface area contributed by atoms with E-state index in [1.807, 2.05) is 6.92 Å². The highest BCUT2D eigenvalue weighted by Gasteiger charge is 2.27. The number of rotatable bonds is 10. The zero-order chi connectivity index (χ0) is 24.8. The highest BCUT2D eigenvalue weighted by atomic mass is 32.2. The summed E-state index contributed by atoms with van der Waals surface area (Å²) in [5, 5.41) is 0. The average molecular weight is 481 g/mol. The molecule has 1 N–H and O–H groups in total. The van der Waals surface area contributed by atoms with Crippen molar-refractivity contribution >= 4 is 27.9 Å². The van der Waals surface area contributed by atoms with Gasteiger partial charge < -0.3 is 19.2 Å². The van der Waals surface area contributed by atoms with E-state index in [0.29, 0.717) is 5.56 Å². The fourth-order valence-electron chi connectivity index (χ4n) is 3.01. The predicted octanol–water partition coefficient (Wildman–Crippen LogP) is 2.35. The summed E-state index contributed by atoms with van der Waals surface area (Å²) in [6.07, 6.45) is 0. The maximum absolute atomic E-state index is 12.7. The molecule has 0 unspecified atom stereocenters. The van der Waals surface area contributed by atoms with Gasteiger partial charge in [0, 0.05) is 7.05 Å². The average Bonchev–Trinajstić information content (AvgIpc) is 3.09. The molecule has 1 aromatic heterocycles. The van der Waals surface area contributed by atoms with Gasteiger partial charge in [-0.1, -0.05) is 17.7 Å². The third-order valence-electron chi connectivity index (χ3n) is 4.75. The molecule has 0 aliphatic heterocycles. The van der Waals surface area contributed by atoms with E-state index >= 15 is 0 Å². The van der Waals surface area contributed by atoms with E-state index < -0.39 is 41.1 Å². The van der Waals surface area contributed by atoms with Crippen molar-refractivity contribution in [1.29, 1.82) is 0 Å². The van der Waals surface area contributed by atoms with Crippen molar-refractivity contribution in [1.82, 2.24) is 9.29 Å². The van der Waals surface area contributed by atoms with E-state index in [-0.39, 0.29) is 35.1 Å². The minimum absolute atomic E-state index is 0.0463. The maximum Gasteiger partial charge on any atom is 0.355 e. The highest BCUT2D eigenvalue weighted by molar-refractivity contribution is 7.89. The molecule has 0 amide bonds. The highest BCUT2D eigenvalue weighted by Crippen LogP contribution is 2.22. The smallest absolute Gasteiger partial charge is 0.355 e. The summed E-state index contributed by atoms with van der Waals surface area (Å²) in [5.41, 5.74) is 1.46. The molecule has 0 saturated carbocycles. The van der Waals surface area contributed by atoms with Crippen LogP contribution in [0.2, 0.25) is 0 Å². The normalized spacial score (nSPS) is 11.3. The summed E-state index contributed by atoms with van der Waals surface area (Å²) in [4.78, 5) is 39.7. The minimum Gasteiger partial charge on any atom is -0.462 e. The number of benzene rings is 1. The van der Waals surface area contributed by atoms with Crippen LogP contribution in [-0.4, -0.2) is 62.4 Å². The van der Waals surface area contributed by atoms with Crippen molar-refractivity contribution in [2.75, 3.05) is 26.8 Å². The summed E-state index contributed by atoms with van der Waals surface area (Å²) in [5.74, 6) is -2.19. The molecule has 1 aromatic carbocycles. The number of nitrogens with zero attached hydrogens (tertiary/aromatic N) is 1. The predicted molar refractivity (Wildman–Crippen MR) is 118 cm³/mol. The number of carbonyl (C=O) groups is 3. The number of H-pyrrole nitrogens is 1. The molecule has 0 aliphatic rings. The van der Waals surface area contributed by atoms with Crippen LogP contribution in [0.25, 0.3) is 0 Å². The van der Waals surface area contributed by atoms with E-state index in [2.05, 4.69) is 4.98 Å². The van der Waals surface area contributed by atoms with Crippen molar-refractivity contribution in [3.05, 3.63) is 52.3 Å². The quantitative estimate of drug-likeness (QED) is 0.405. The van der Waals surface area contributed by atoms with Crippen LogP contribution >= 0.6 is 0 Å². The first kappa shape index (κ1) is 26.1. The van der Waals surface area contributed by atoms with Gasteiger partial charge in [-0.25, -0.2) is 18.0 Å². The Hall–Kier alpha value is -3.18. The number of likely N-dealkylation sites (N-methyl/N-ethyl adjacent to an activating group) is 1. The fraction of sp³-hybridized carbons (Fsp3) is 0.409. The summed E-state index contributed by atoms with van der Waals surface area (Å²) >= 11 is 0. The molecule has 11 heteroatoms. The van der Waals surface area contributed by atoms with Gasteiger partial charge in [0.25, 0.3) is 0 Å². The number of sulfonamides is 1. The maximum atomic E-state index is 12.7. The molecule has 0 spiro atoms. The number of aryl methyl sites for hydroxylation is 1. The van der Waals surface area contributed by atoms with Gasteiger partial charge in [-0.2, -0.15) is 4.31 Å². The Morgan fingerprint density at radius 2 is 1.52 bits per heavy atom. The van der Waals surface area contributed by atoms with Crippen molar-refractivity contribution < 1.29 is 37.0 Å². The van der Waals surface area contributed by atoms with E-state index in [0.717, 1.165) is 9.87 Å². The van der Waals surface area contributed by atoms with Crippen LogP contribution in [0.4, 0.5) is 0 Å². The Bertz CT molecular complexity index is 1120. The lowest BCUT2D eigenvalue weighted by molar-refractivity contribution is -0.145. The van der Waals surface area contributed by atoms with E-state index in [1.54, 1.807) is 32.9 Å². The molecule has 0 bridgehead atoms. The molecule has 1 heterocycles. The Morgan fingerprint density at radius 3 is 2.09 bits per heavy atom. The van der Waals surface area contributed by atoms with Crippen LogP contribution in [0.5, 0.6) is 0 Å². The van der Waals surface area contributed by atoms with E-state index in [1.165, 1.54) is 19.2 Å². The van der Waals surface area contributed by atoms with E-state index in [9.17, 15) is 22.8 Å². The molecule has 2 rings (SSSR count). The summed E-state index contributed by atoms with van der Waals surface area (Å²) in [6.45, 7) is 5.96. The second-order valence-electron chi connectivity index (χ2n) is 7.15. The Kier molecular flexibility index (Phi) is 8.77. The molecule has 0 fully saturated rings. The molecule has 10 nitrogen and oxygen atoms in total. The van der Waals surface area contributed by atoms with Crippen LogP contribution < -0.4 is 0 Å². The Labute approximate surface area is 192 Å². The Morgan fingerprint density at radius 1 is 0.939 bits per heavy atom. The molecule has 0 aliphatic carbocycles. The lowest BCUT2D eigenvalue weighted by Gasteiger charge is -2.16. The number of hydrogen-bond acceptors (Lipinski definition) is 8. The van der Waals surface area contributed by atoms with Gasteiger partial charge in [0.2, 0.25) is 10.0 Å². The van der Waals surface area contributed by atoms with Crippen LogP contribution in [0.15, 0.2) is 29.2 Å². The molecule has 2 aromatic rings. The molecule has 33 heavy (non-hydrogen) atoms. The zero-order valence-corrected chi connectivity index (χ0v) is 20.1. The second kappa shape index (κ2) is 11.1. The second-order valence-corrected chi connectivity index (χ2v) is 9.20. The standard InChI is InChI=1S/C22H28N2O8S/c1-6-30-21(26)19-15(4)20(22(27)31-7-2)23-17(19)13-32-18(25)12-24(5)33(28,29)16-10-8-14(3)9-11-16/h8-11,23H,6-7,12-13H2,1-5H3. The first-order valence-corrected chi connectivity index (χ1v) is 11.7. The number of nitrogens with one attached hydrogen (secondary N) is 1. The molecule has 0 radical (unpaired) electrons. The van der Waals surface area contributed by atoms with Crippen molar-refractivity contribution in [3.63, 3.8) is 0 Å². The Balaban J connectivity index is 2.16. The third kappa shape index (κ3) is 6.20. The van der Waals surface area contributed by atoms with Gasteiger partial charge in [0.15, 0.2) is 0 Å². The van der Waals surface area contributed by atoms with Gasteiger partial charge in [-0.3, -0.25) is 4.79 Å². The molecule has 180 valence electrons. The van der Waals surface area contributed by atoms with Gasteiger partial charge >= 0.3 is 17.9 Å². The molecular weight excluding hydrogens is 452 g/mol. The SMILES string of the molecule is CCOC(=O)c1[nH]c(COC(=O)CN(C)S(=O)(=O)c2ccc(C)cc2)c(C(=O)OCC)c1C.